The Labute approximate surface area is 129 Å². The molecule has 2 aromatic carbocycles. The van der Waals surface area contributed by atoms with Crippen molar-refractivity contribution in [1.82, 2.24) is 5.32 Å². The quantitative estimate of drug-likeness (QED) is 0.914. The maximum absolute atomic E-state index is 13.3. The fraction of sp³-hybridized carbons (Fsp3) is 0.278. The van der Waals surface area contributed by atoms with Crippen molar-refractivity contribution in [2.45, 2.75) is 31.9 Å². The molecule has 0 unspecified atom stereocenters. The molecule has 4 heteroatoms. The van der Waals surface area contributed by atoms with E-state index in [1.807, 2.05) is 38.1 Å². The van der Waals surface area contributed by atoms with Gasteiger partial charge in [0.05, 0.1) is 6.04 Å². The summed E-state index contributed by atoms with van der Waals surface area (Å²) in [6.07, 6.45) is 0.658. The van der Waals surface area contributed by atoms with Crippen LogP contribution in [0.1, 0.15) is 42.2 Å². The third kappa shape index (κ3) is 2.96. The Morgan fingerprint density at radius 1 is 1.23 bits per heavy atom. The highest BCUT2D eigenvalue weighted by Gasteiger charge is 2.34. The topological polar surface area (TPSA) is 38.3 Å². The van der Waals surface area contributed by atoms with Gasteiger partial charge in [0, 0.05) is 17.5 Å². The van der Waals surface area contributed by atoms with Crippen molar-refractivity contribution in [1.29, 1.82) is 0 Å². The van der Waals surface area contributed by atoms with Gasteiger partial charge < -0.3 is 10.1 Å². The van der Waals surface area contributed by atoms with Crippen molar-refractivity contribution in [2.24, 2.45) is 0 Å². The minimum absolute atomic E-state index is 0.157. The molecule has 0 aromatic heterocycles. The van der Waals surface area contributed by atoms with E-state index in [2.05, 4.69) is 5.32 Å². The van der Waals surface area contributed by atoms with Gasteiger partial charge in [-0.25, -0.2) is 4.39 Å². The molecular weight excluding hydrogens is 281 g/mol. The highest BCUT2D eigenvalue weighted by Crippen LogP contribution is 2.39. The average Bonchev–Trinajstić information content (AvgIpc) is 2.46. The summed E-state index contributed by atoms with van der Waals surface area (Å²) in [4.78, 5) is 12.4. The zero-order chi connectivity index (χ0) is 15.7. The van der Waals surface area contributed by atoms with Crippen LogP contribution in [-0.4, -0.2) is 11.5 Å². The van der Waals surface area contributed by atoms with E-state index < -0.39 is 5.82 Å². The van der Waals surface area contributed by atoms with Crippen LogP contribution in [0, 0.1) is 5.82 Å². The van der Waals surface area contributed by atoms with E-state index in [4.69, 9.17) is 4.74 Å². The highest BCUT2D eigenvalue weighted by molar-refractivity contribution is 5.94. The average molecular weight is 299 g/mol. The summed E-state index contributed by atoms with van der Waals surface area (Å²) in [5.41, 5.74) is 0.905. The predicted octanol–water partition coefficient (Wildman–Crippen LogP) is 3.86. The number of halogens is 1. The maximum atomic E-state index is 13.3. The molecule has 0 spiro atoms. The Hall–Kier alpha value is -2.36. The summed E-state index contributed by atoms with van der Waals surface area (Å²) < 4.78 is 19.2. The summed E-state index contributed by atoms with van der Waals surface area (Å²) in [7, 11) is 0. The van der Waals surface area contributed by atoms with Crippen LogP contribution in [0.25, 0.3) is 0 Å². The van der Waals surface area contributed by atoms with Crippen LogP contribution in [0.4, 0.5) is 4.39 Å². The first-order chi connectivity index (χ1) is 10.4. The molecule has 1 aliphatic rings. The zero-order valence-corrected chi connectivity index (χ0v) is 12.6. The molecule has 1 heterocycles. The van der Waals surface area contributed by atoms with Crippen LogP contribution in [0.5, 0.6) is 5.75 Å². The van der Waals surface area contributed by atoms with E-state index in [0.29, 0.717) is 12.0 Å². The lowest BCUT2D eigenvalue weighted by molar-refractivity contribution is 0.0619. The first kappa shape index (κ1) is 14.6. The second-order valence-corrected chi connectivity index (χ2v) is 6.14. The van der Waals surface area contributed by atoms with Gasteiger partial charge in [-0.05, 0) is 38.1 Å². The van der Waals surface area contributed by atoms with Gasteiger partial charge in [0.1, 0.15) is 17.2 Å². The molecule has 3 rings (SSSR count). The molecule has 0 fully saturated rings. The van der Waals surface area contributed by atoms with Crippen LogP contribution in [0.2, 0.25) is 0 Å². The number of hydrogen-bond donors (Lipinski definition) is 1. The largest absolute Gasteiger partial charge is 0.487 e. The molecule has 1 aliphatic heterocycles. The van der Waals surface area contributed by atoms with Crippen LogP contribution >= 0.6 is 0 Å². The zero-order valence-electron chi connectivity index (χ0n) is 12.6. The van der Waals surface area contributed by atoms with Crippen molar-refractivity contribution in [3.8, 4) is 5.75 Å². The van der Waals surface area contributed by atoms with E-state index in [1.54, 1.807) is 6.07 Å². The highest BCUT2D eigenvalue weighted by atomic mass is 19.1. The van der Waals surface area contributed by atoms with Crippen LogP contribution in [0.15, 0.2) is 48.5 Å². The van der Waals surface area contributed by atoms with Crippen molar-refractivity contribution >= 4 is 5.91 Å². The lowest BCUT2D eigenvalue weighted by atomic mass is 9.89. The van der Waals surface area contributed by atoms with Gasteiger partial charge in [0.15, 0.2) is 0 Å². The molecule has 3 nitrogen and oxygen atoms in total. The Bertz CT molecular complexity index is 712. The molecule has 0 bridgehead atoms. The van der Waals surface area contributed by atoms with Crippen molar-refractivity contribution in [3.63, 3.8) is 0 Å². The molecule has 0 radical (unpaired) electrons. The normalized spacial score (nSPS) is 19.0. The Balaban J connectivity index is 1.87. The summed E-state index contributed by atoms with van der Waals surface area (Å²) in [5.74, 6) is 0.0839. The van der Waals surface area contributed by atoms with Crippen LogP contribution in [0.3, 0.4) is 0 Å². The lowest BCUT2D eigenvalue weighted by Gasteiger charge is -2.37. The van der Waals surface area contributed by atoms with Crippen molar-refractivity contribution in [3.05, 3.63) is 65.5 Å². The maximum Gasteiger partial charge on any atom is 0.251 e. The van der Waals surface area contributed by atoms with E-state index in [9.17, 15) is 9.18 Å². The second kappa shape index (κ2) is 5.44. The van der Waals surface area contributed by atoms with Gasteiger partial charge >= 0.3 is 0 Å². The van der Waals surface area contributed by atoms with Gasteiger partial charge in [-0.1, -0.05) is 24.3 Å². The summed E-state index contributed by atoms with van der Waals surface area (Å²) in [6, 6.07) is 13.2. The molecule has 0 saturated carbocycles. The lowest BCUT2D eigenvalue weighted by Crippen LogP contribution is -2.41. The van der Waals surface area contributed by atoms with Crippen molar-refractivity contribution < 1.29 is 13.9 Å². The van der Waals surface area contributed by atoms with Gasteiger partial charge in [0.25, 0.3) is 5.91 Å². The van der Waals surface area contributed by atoms with Crippen LogP contribution in [-0.2, 0) is 0 Å². The molecule has 1 atom stereocenters. The number of carbonyl (C=O) groups excluding carboxylic acids is 1. The number of carbonyl (C=O) groups is 1. The molecule has 22 heavy (non-hydrogen) atoms. The summed E-state index contributed by atoms with van der Waals surface area (Å²) >= 11 is 0. The molecule has 1 amide bonds. The van der Waals surface area contributed by atoms with E-state index in [0.717, 1.165) is 11.3 Å². The third-order valence-electron chi connectivity index (χ3n) is 3.77. The number of hydrogen-bond acceptors (Lipinski definition) is 2. The smallest absolute Gasteiger partial charge is 0.251 e. The SMILES string of the molecule is CC1(C)C[C@@H](NC(=O)c2cccc(F)c2)c2ccccc2O1. The molecular formula is C18H18FNO2. The first-order valence-electron chi connectivity index (χ1n) is 7.29. The first-order valence-corrected chi connectivity index (χ1v) is 7.29. The van der Waals surface area contributed by atoms with E-state index >= 15 is 0 Å². The molecule has 0 aliphatic carbocycles. The molecule has 1 N–H and O–H groups in total. The van der Waals surface area contributed by atoms with Gasteiger partial charge in [0.2, 0.25) is 0 Å². The minimum atomic E-state index is -0.416. The van der Waals surface area contributed by atoms with E-state index in [-0.39, 0.29) is 17.6 Å². The fourth-order valence-corrected chi connectivity index (χ4v) is 2.80. The van der Waals surface area contributed by atoms with Crippen LogP contribution < -0.4 is 10.1 Å². The number of para-hydroxylation sites is 1. The third-order valence-corrected chi connectivity index (χ3v) is 3.77. The number of ether oxygens (including phenoxy) is 1. The molecule has 2 aromatic rings. The number of benzene rings is 2. The minimum Gasteiger partial charge on any atom is -0.487 e. The standard InChI is InChI=1S/C18H18FNO2/c1-18(2)11-15(14-8-3-4-9-16(14)22-18)20-17(21)12-6-5-7-13(19)10-12/h3-10,15H,11H2,1-2H3,(H,20,21)/t15-/m1/s1. The second-order valence-electron chi connectivity index (χ2n) is 6.14. The molecule has 114 valence electrons. The number of amides is 1. The summed E-state index contributed by atoms with van der Waals surface area (Å²) in [6.45, 7) is 3.98. The Morgan fingerprint density at radius 3 is 2.77 bits per heavy atom. The van der Waals surface area contributed by atoms with Gasteiger partial charge in [-0.3, -0.25) is 4.79 Å². The number of nitrogens with one attached hydrogen (secondary N) is 1. The summed E-state index contributed by atoms with van der Waals surface area (Å²) in [5, 5.41) is 2.99. The molecule has 0 saturated heterocycles. The number of fused-ring (bicyclic) bond motifs is 1. The van der Waals surface area contributed by atoms with Gasteiger partial charge in [-0.15, -0.1) is 0 Å². The Kier molecular flexibility index (Phi) is 3.61. The van der Waals surface area contributed by atoms with E-state index in [1.165, 1.54) is 18.2 Å². The van der Waals surface area contributed by atoms with Crippen molar-refractivity contribution in [2.75, 3.05) is 0 Å². The monoisotopic (exact) mass is 299 g/mol. The fourth-order valence-electron chi connectivity index (χ4n) is 2.80. The van der Waals surface area contributed by atoms with Gasteiger partial charge in [-0.2, -0.15) is 0 Å². The Morgan fingerprint density at radius 2 is 2.00 bits per heavy atom. The predicted molar refractivity (Wildman–Crippen MR) is 82.4 cm³/mol. The number of rotatable bonds is 2.